The molecule has 8 rings (SSSR count). The Morgan fingerprint density at radius 3 is 2.90 bits per heavy atom. The predicted molar refractivity (Wildman–Crippen MR) is 175 cm³/mol. The highest BCUT2D eigenvalue weighted by atomic mass is 35.5. The zero-order valence-electron chi connectivity index (χ0n) is 26.3. The molecular weight excluding hydrogens is 644 g/mol. The Morgan fingerprint density at radius 2 is 2.10 bits per heavy atom. The van der Waals surface area contributed by atoms with Gasteiger partial charge in [0.1, 0.15) is 53.4 Å². The number of pyridine rings is 2. The number of hydrogen-bond acceptors (Lipinski definition) is 11. The van der Waals surface area contributed by atoms with Crippen LogP contribution in [0, 0.1) is 5.82 Å². The molecule has 4 aromatic rings. The number of hydrogen-bond donors (Lipinski definition) is 1. The quantitative estimate of drug-likeness (QED) is 0.216. The molecule has 6 heterocycles. The third-order valence-electron chi connectivity index (χ3n) is 10.1. The molecule has 3 aromatic heterocycles. The van der Waals surface area contributed by atoms with Gasteiger partial charge in [-0.1, -0.05) is 17.7 Å². The summed E-state index contributed by atoms with van der Waals surface area (Å²) in [4.78, 5) is 33.8. The van der Waals surface area contributed by atoms with Crippen molar-refractivity contribution in [1.29, 1.82) is 0 Å². The summed E-state index contributed by atoms with van der Waals surface area (Å²) in [6.45, 7) is 4.15. The average Bonchev–Trinajstić information content (AvgIpc) is 3.79. The van der Waals surface area contributed by atoms with Crippen LogP contribution >= 0.6 is 11.6 Å². The molecule has 3 fully saturated rings. The van der Waals surface area contributed by atoms with Crippen molar-refractivity contribution in [3.63, 3.8) is 0 Å². The Kier molecular flexibility index (Phi) is 7.71. The predicted octanol–water partition coefficient (Wildman–Crippen LogP) is 5.79. The first-order chi connectivity index (χ1) is 23.3. The molecule has 14 heteroatoms. The Labute approximate surface area is 280 Å². The van der Waals surface area contributed by atoms with E-state index in [-0.39, 0.29) is 59.4 Å². The van der Waals surface area contributed by atoms with Gasteiger partial charge in [-0.3, -0.25) is 9.69 Å². The lowest BCUT2D eigenvalue weighted by Crippen LogP contribution is -2.43. The Morgan fingerprint density at radius 1 is 1.25 bits per heavy atom. The van der Waals surface area contributed by atoms with Crippen LogP contribution in [-0.2, 0) is 4.79 Å². The van der Waals surface area contributed by atoms with Gasteiger partial charge in [-0.25, -0.2) is 18.7 Å². The van der Waals surface area contributed by atoms with Crippen LogP contribution in [0.25, 0.3) is 22.2 Å². The van der Waals surface area contributed by atoms with Crippen LogP contribution in [0.2, 0.25) is 5.02 Å². The summed E-state index contributed by atoms with van der Waals surface area (Å²) in [5.41, 5.74) is 7.60. The van der Waals surface area contributed by atoms with Gasteiger partial charge in [0.15, 0.2) is 5.82 Å². The molecule has 250 valence electrons. The summed E-state index contributed by atoms with van der Waals surface area (Å²) in [6.07, 6.45) is 4.55. The summed E-state index contributed by atoms with van der Waals surface area (Å²) >= 11 is 6.69. The van der Waals surface area contributed by atoms with Crippen molar-refractivity contribution in [1.82, 2.24) is 24.8 Å². The van der Waals surface area contributed by atoms with Gasteiger partial charge in [0.25, 0.3) is 6.47 Å². The van der Waals surface area contributed by atoms with Gasteiger partial charge < -0.3 is 24.8 Å². The Hall–Kier alpha value is -4.36. The fraction of sp³-hybridized carbons (Fsp3) is 0.441. The average molecular weight is 678 g/mol. The summed E-state index contributed by atoms with van der Waals surface area (Å²) in [6, 6.07) is 6.42. The van der Waals surface area contributed by atoms with E-state index in [1.807, 2.05) is 17.9 Å². The van der Waals surface area contributed by atoms with E-state index < -0.39 is 17.5 Å². The van der Waals surface area contributed by atoms with Crippen LogP contribution in [0.5, 0.6) is 17.6 Å². The molecule has 1 saturated carbocycles. The monoisotopic (exact) mass is 677 g/mol. The zero-order chi connectivity index (χ0) is 33.2. The topological polar surface area (TPSA) is 129 Å². The van der Waals surface area contributed by atoms with E-state index in [4.69, 9.17) is 41.5 Å². The van der Waals surface area contributed by atoms with E-state index in [0.717, 1.165) is 43.4 Å². The number of fused-ring (bicyclic) bond motifs is 1. The van der Waals surface area contributed by atoms with Crippen LogP contribution in [0.1, 0.15) is 62.1 Å². The van der Waals surface area contributed by atoms with E-state index in [9.17, 15) is 9.18 Å². The molecular formula is C34H34ClF2N7O4. The number of anilines is 2. The third kappa shape index (κ3) is 5.23. The van der Waals surface area contributed by atoms with E-state index in [1.165, 1.54) is 0 Å². The lowest BCUT2D eigenvalue weighted by atomic mass is 9.95. The molecule has 0 unspecified atom stereocenters. The van der Waals surface area contributed by atoms with Crippen molar-refractivity contribution in [3.8, 4) is 28.9 Å². The molecule has 0 bridgehead atoms. The molecule has 48 heavy (non-hydrogen) atoms. The molecule has 0 amide bonds. The van der Waals surface area contributed by atoms with Crippen molar-refractivity contribution in [2.24, 2.45) is 0 Å². The first-order valence-electron chi connectivity index (χ1n) is 16.2. The molecule has 0 spiro atoms. The molecule has 11 nitrogen and oxygen atoms in total. The molecule has 1 aromatic carbocycles. The summed E-state index contributed by atoms with van der Waals surface area (Å²) in [5, 5.41) is 0.629. The highest BCUT2D eigenvalue weighted by Gasteiger charge is 2.49. The van der Waals surface area contributed by atoms with Crippen LogP contribution < -0.4 is 24.8 Å². The maximum absolute atomic E-state index is 17.1. The number of rotatable bonds is 9. The minimum atomic E-state index is -0.936. The normalized spacial score (nSPS) is 22.7. The Balaban J connectivity index is 1.31. The van der Waals surface area contributed by atoms with E-state index in [0.29, 0.717) is 48.2 Å². The number of halogens is 3. The van der Waals surface area contributed by atoms with Gasteiger partial charge in [-0.15, -0.1) is 0 Å². The van der Waals surface area contributed by atoms with Gasteiger partial charge in [0.2, 0.25) is 5.88 Å². The van der Waals surface area contributed by atoms with Crippen molar-refractivity contribution >= 4 is 40.6 Å². The second-order valence-electron chi connectivity index (χ2n) is 13.0. The zero-order valence-corrected chi connectivity index (χ0v) is 27.1. The van der Waals surface area contributed by atoms with Crippen molar-refractivity contribution in [2.45, 2.75) is 62.7 Å². The van der Waals surface area contributed by atoms with Gasteiger partial charge in [0, 0.05) is 35.3 Å². The largest absolute Gasteiger partial charge is 0.475 e. The molecule has 2 N–H and O–H groups in total. The van der Waals surface area contributed by atoms with Gasteiger partial charge >= 0.3 is 6.01 Å². The Bertz CT molecular complexity index is 1930. The second kappa shape index (κ2) is 12.0. The number of carbonyl (C=O) groups excluding carboxylic acids is 1. The van der Waals surface area contributed by atoms with E-state index >= 15 is 4.39 Å². The number of nitrogens with zero attached hydrogens (tertiary/aromatic N) is 6. The summed E-state index contributed by atoms with van der Waals surface area (Å²) < 4.78 is 49.3. The number of carbonyl (C=O) groups is 1. The third-order valence-corrected chi connectivity index (χ3v) is 10.4. The highest BCUT2D eigenvalue weighted by Crippen LogP contribution is 2.50. The van der Waals surface area contributed by atoms with Crippen LogP contribution in [0.15, 0.2) is 30.5 Å². The number of aromatic nitrogens is 4. The molecule has 4 aliphatic rings. The van der Waals surface area contributed by atoms with Crippen LogP contribution in [-0.4, -0.2) is 75.9 Å². The van der Waals surface area contributed by atoms with E-state index in [1.54, 1.807) is 24.4 Å². The maximum atomic E-state index is 17.1. The molecule has 3 atom stereocenters. The summed E-state index contributed by atoms with van der Waals surface area (Å²) in [7, 11) is 0. The smallest absolute Gasteiger partial charge is 0.319 e. The second-order valence-corrected chi connectivity index (χ2v) is 13.5. The van der Waals surface area contributed by atoms with Crippen LogP contribution in [0.4, 0.5) is 20.4 Å². The molecule has 2 saturated heterocycles. The molecule has 1 aliphatic carbocycles. The fourth-order valence-corrected chi connectivity index (χ4v) is 8.04. The van der Waals surface area contributed by atoms with Crippen molar-refractivity contribution in [2.75, 3.05) is 43.5 Å². The molecule has 3 aliphatic heterocycles. The van der Waals surface area contributed by atoms with Crippen molar-refractivity contribution in [3.05, 3.63) is 52.4 Å². The van der Waals surface area contributed by atoms with Gasteiger partial charge in [0.05, 0.1) is 18.1 Å². The van der Waals surface area contributed by atoms with E-state index in [2.05, 4.69) is 14.9 Å². The van der Waals surface area contributed by atoms with Gasteiger partial charge in [-0.05, 0) is 68.8 Å². The minimum Gasteiger partial charge on any atom is -0.475 e. The number of nitrogen functional groups attached to an aromatic ring is 1. The number of benzene rings is 1. The first kappa shape index (κ1) is 30.9. The number of alkyl halides is 1. The minimum absolute atomic E-state index is 0.0390. The van der Waals surface area contributed by atoms with Crippen LogP contribution in [0.3, 0.4) is 0 Å². The lowest BCUT2D eigenvalue weighted by Gasteiger charge is -2.32. The van der Waals surface area contributed by atoms with Gasteiger partial charge in [-0.2, -0.15) is 9.97 Å². The summed E-state index contributed by atoms with van der Waals surface area (Å²) in [5.74, 6) is 0.412. The SMILES string of the molecule is C[C@@H](c1cccnc1N)N1CCOc2nc(-c3cc(OC=O)cc(Cl)c3C3CC3)c(F)c3nc(OC[C@@]45CCCN4C[C@H](F)C5)nc1c23. The number of nitrogens with two attached hydrogens (primary N) is 1. The fourth-order valence-electron chi connectivity index (χ4n) is 7.68. The standard InChI is InChI=1S/C34H34ClF2N7O4/c1-18(22-4-2-8-39-30(22)38)44-10-11-46-32-26-29(41-33(42-31(26)44)47-16-34-7-3-9-43(34)15-20(36)14-34)27(37)28(40-32)23-12-21(48-17-45)13-24(35)25(23)19-5-6-19/h2,4,8,12-13,17-20H,3,5-7,9-11,14-16H2,1H3,(H2,38,39)/t18-,20+,34-/m0/s1. The lowest BCUT2D eigenvalue weighted by molar-refractivity contribution is -0.120. The van der Waals surface area contributed by atoms with Crippen molar-refractivity contribution < 1.29 is 27.8 Å². The maximum Gasteiger partial charge on any atom is 0.319 e. The number of ether oxygens (including phenoxy) is 3. The molecule has 0 radical (unpaired) electrons. The highest BCUT2D eigenvalue weighted by molar-refractivity contribution is 6.32. The first-order valence-corrected chi connectivity index (χ1v) is 16.6.